The van der Waals surface area contributed by atoms with Gasteiger partial charge in [0, 0.05) is 24.7 Å². The van der Waals surface area contributed by atoms with E-state index >= 15 is 0 Å². The average Bonchev–Trinajstić information content (AvgIpc) is 2.92. The lowest BCUT2D eigenvalue weighted by Gasteiger charge is -2.15. The van der Waals surface area contributed by atoms with Crippen molar-refractivity contribution in [3.8, 4) is 0 Å². The molecule has 106 valence electrons. The van der Waals surface area contributed by atoms with Gasteiger partial charge < -0.3 is 10.4 Å². The number of aromatic nitrogens is 2. The van der Waals surface area contributed by atoms with E-state index in [0.717, 1.165) is 30.2 Å². The van der Waals surface area contributed by atoms with Crippen LogP contribution in [0.5, 0.6) is 0 Å². The molecule has 0 aromatic carbocycles. The van der Waals surface area contributed by atoms with Crippen LogP contribution in [0.4, 0.5) is 0 Å². The molecule has 0 aliphatic heterocycles. The fraction of sp³-hybridized carbons (Fsp3) is 0.643. The van der Waals surface area contributed by atoms with E-state index in [-0.39, 0.29) is 6.61 Å². The Kier molecular flexibility index (Phi) is 5.36. The molecule has 5 heteroatoms. The third-order valence-electron chi connectivity index (χ3n) is 3.52. The molecule has 0 aliphatic carbocycles. The van der Waals surface area contributed by atoms with Crippen LogP contribution in [0.2, 0.25) is 0 Å². The Labute approximate surface area is 118 Å². The van der Waals surface area contributed by atoms with Gasteiger partial charge in [-0.15, -0.1) is 11.3 Å². The minimum Gasteiger partial charge on any atom is -0.396 e. The zero-order valence-electron chi connectivity index (χ0n) is 11.7. The summed E-state index contributed by atoms with van der Waals surface area (Å²) in [7, 11) is 0. The molecule has 1 unspecified atom stereocenters. The molecule has 19 heavy (non-hydrogen) atoms. The molecule has 2 aromatic heterocycles. The summed E-state index contributed by atoms with van der Waals surface area (Å²) in [5, 5.41) is 14.6. The fourth-order valence-corrected chi connectivity index (χ4v) is 3.27. The van der Waals surface area contributed by atoms with Crippen LogP contribution in [0, 0.1) is 12.8 Å². The van der Waals surface area contributed by atoms with Crippen molar-refractivity contribution >= 4 is 16.3 Å². The molecule has 2 heterocycles. The number of hydrogen-bond donors (Lipinski definition) is 2. The second-order valence-electron chi connectivity index (χ2n) is 5.00. The summed E-state index contributed by atoms with van der Waals surface area (Å²) >= 11 is 1.67. The van der Waals surface area contributed by atoms with Crippen molar-refractivity contribution in [3.63, 3.8) is 0 Å². The number of rotatable bonds is 8. The third kappa shape index (κ3) is 3.55. The molecule has 0 saturated heterocycles. The second-order valence-corrected chi connectivity index (χ2v) is 5.87. The molecule has 1 atom stereocenters. The predicted molar refractivity (Wildman–Crippen MR) is 79.6 cm³/mol. The number of aryl methyl sites for hydroxylation is 1. The van der Waals surface area contributed by atoms with E-state index in [2.05, 4.69) is 40.1 Å². The maximum Gasteiger partial charge on any atom is 0.194 e. The lowest BCUT2D eigenvalue weighted by molar-refractivity contribution is 0.248. The molecule has 2 aromatic rings. The van der Waals surface area contributed by atoms with Crippen molar-refractivity contribution in [1.82, 2.24) is 14.7 Å². The first-order chi connectivity index (χ1) is 9.26. The van der Waals surface area contributed by atoms with Gasteiger partial charge in [0.05, 0.1) is 11.4 Å². The highest BCUT2D eigenvalue weighted by molar-refractivity contribution is 7.15. The van der Waals surface area contributed by atoms with Crippen molar-refractivity contribution < 1.29 is 5.11 Å². The zero-order valence-corrected chi connectivity index (χ0v) is 12.5. The molecule has 0 spiro atoms. The molecule has 2 N–H and O–H groups in total. The first kappa shape index (κ1) is 14.5. The third-order valence-corrected chi connectivity index (χ3v) is 4.28. The van der Waals surface area contributed by atoms with Gasteiger partial charge in [-0.3, -0.25) is 4.40 Å². The number of nitrogens with zero attached hydrogens (tertiary/aromatic N) is 2. The number of nitrogens with one attached hydrogen (secondary N) is 1. The number of hydrogen-bond acceptors (Lipinski definition) is 4. The van der Waals surface area contributed by atoms with E-state index in [0.29, 0.717) is 5.92 Å². The molecule has 4 nitrogen and oxygen atoms in total. The first-order valence-corrected chi connectivity index (χ1v) is 7.86. The van der Waals surface area contributed by atoms with Crippen LogP contribution in [-0.2, 0) is 6.54 Å². The van der Waals surface area contributed by atoms with Crippen LogP contribution >= 0.6 is 11.3 Å². The van der Waals surface area contributed by atoms with E-state index in [9.17, 15) is 0 Å². The van der Waals surface area contributed by atoms with Gasteiger partial charge in [0.15, 0.2) is 4.96 Å². The summed E-state index contributed by atoms with van der Waals surface area (Å²) in [6.07, 6.45) is 5.31. The SMILES string of the molecule is CCCC(CCO)CNCc1c(C)nc2sccn12. The van der Waals surface area contributed by atoms with Gasteiger partial charge in [-0.1, -0.05) is 13.3 Å². The Morgan fingerprint density at radius 3 is 3.05 bits per heavy atom. The van der Waals surface area contributed by atoms with Crippen LogP contribution < -0.4 is 5.32 Å². The molecule has 0 bridgehead atoms. The maximum atomic E-state index is 9.06. The van der Waals surface area contributed by atoms with E-state index < -0.39 is 0 Å². The van der Waals surface area contributed by atoms with Gasteiger partial charge in [-0.2, -0.15) is 0 Å². The molecule has 0 amide bonds. The standard InChI is InChI=1S/C14H23N3OS/c1-3-4-12(5-7-18)9-15-10-13-11(2)16-14-17(13)6-8-19-14/h6,8,12,15,18H,3-5,7,9-10H2,1-2H3. The second kappa shape index (κ2) is 7.03. The van der Waals surface area contributed by atoms with Crippen LogP contribution in [-0.4, -0.2) is 27.6 Å². The van der Waals surface area contributed by atoms with Crippen LogP contribution in [0.15, 0.2) is 11.6 Å². The Hall–Kier alpha value is -0.910. The highest BCUT2D eigenvalue weighted by Crippen LogP contribution is 2.17. The fourth-order valence-electron chi connectivity index (χ4n) is 2.49. The van der Waals surface area contributed by atoms with E-state index in [1.165, 1.54) is 18.5 Å². The van der Waals surface area contributed by atoms with Crippen molar-refractivity contribution in [2.45, 2.75) is 39.7 Å². The summed E-state index contributed by atoms with van der Waals surface area (Å²) < 4.78 is 2.16. The lowest BCUT2D eigenvalue weighted by atomic mass is 10.0. The molecule has 0 fully saturated rings. The van der Waals surface area contributed by atoms with Gasteiger partial charge in [0.1, 0.15) is 0 Å². The molecular weight excluding hydrogens is 258 g/mol. The van der Waals surface area contributed by atoms with Gasteiger partial charge in [0.2, 0.25) is 0 Å². The normalized spacial score (nSPS) is 13.2. The van der Waals surface area contributed by atoms with E-state index in [4.69, 9.17) is 5.11 Å². The maximum absolute atomic E-state index is 9.06. The highest BCUT2D eigenvalue weighted by Gasteiger charge is 2.11. The predicted octanol–water partition coefficient (Wildman–Crippen LogP) is 2.59. The number of thiazole rings is 1. The number of aliphatic hydroxyl groups excluding tert-OH is 1. The quantitative estimate of drug-likeness (QED) is 0.782. The summed E-state index contributed by atoms with van der Waals surface area (Å²) in [5.41, 5.74) is 2.35. The Bertz CT molecular complexity index is 500. The van der Waals surface area contributed by atoms with Gasteiger partial charge in [0.25, 0.3) is 0 Å². The van der Waals surface area contributed by atoms with Gasteiger partial charge >= 0.3 is 0 Å². The Morgan fingerprint density at radius 2 is 2.32 bits per heavy atom. The lowest BCUT2D eigenvalue weighted by Crippen LogP contribution is -2.24. The number of aliphatic hydroxyl groups is 1. The van der Waals surface area contributed by atoms with Crippen LogP contribution in [0.3, 0.4) is 0 Å². The Balaban J connectivity index is 1.91. The largest absolute Gasteiger partial charge is 0.396 e. The molecule has 0 saturated carbocycles. The monoisotopic (exact) mass is 281 g/mol. The Morgan fingerprint density at radius 1 is 1.47 bits per heavy atom. The first-order valence-electron chi connectivity index (χ1n) is 6.98. The van der Waals surface area contributed by atoms with Crippen molar-refractivity contribution in [1.29, 1.82) is 0 Å². The van der Waals surface area contributed by atoms with Crippen LogP contribution in [0.25, 0.3) is 4.96 Å². The summed E-state index contributed by atoms with van der Waals surface area (Å²) in [5.74, 6) is 0.571. The average molecular weight is 281 g/mol. The van der Waals surface area contributed by atoms with Crippen molar-refractivity contribution in [2.24, 2.45) is 5.92 Å². The summed E-state index contributed by atoms with van der Waals surface area (Å²) in [6, 6.07) is 0. The summed E-state index contributed by atoms with van der Waals surface area (Å²) in [6.45, 7) is 6.35. The molecule has 0 radical (unpaired) electrons. The van der Waals surface area contributed by atoms with Crippen molar-refractivity contribution in [2.75, 3.05) is 13.2 Å². The number of fused-ring (bicyclic) bond motifs is 1. The van der Waals surface area contributed by atoms with Gasteiger partial charge in [-0.05, 0) is 32.2 Å². The topological polar surface area (TPSA) is 49.6 Å². The molecule has 2 rings (SSSR count). The highest BCUT2D eigenvalue weighted by atomic mass is 32.1. The minimum atomic E-state index is 0.285. The van der Waals surface area contributed by atoms with Crippen molar-refractivity contribution in [3.05, 3.63) is 23.0 Å². The molecular formula is C14H23N3OS. The molecule has 0 aliphatic rings. The minimum absolute atomic E-state index is 0.285. The van der Waals surface area contributed by atoms with Gasteiger partial charge in [-0.25, -0.2) is 4.98 Å². The summed E-state index contributed by atoms with van der Waals surface area (Å²) in [4.78, 5) is 5.61. The van der Waals surface area contributed by atoms with Crippen LogP contribution in [0.1, 0.15) is 37.6 Å². The van der Waals surface area contributed by atoms with E-state index in [1.807, 2.05) is 0 Å². The zero-order chi connectivity index (χ0) is 13.7. The number of imidazole rings is 1. The smallest absolute Gasteiger partial charge is 0.194 e. The van der Waals surface area contributed by atoms with E-state index in [1.54, 1.807) is 11.3 Å².